The molecule has 1 aliphatic carbocycles. The summed E-state index contributed by atoms with van der Waals surface area (Å²) >= 11 is 1.41. The van der Waals surface area contributed by atoms with Crippen molar-refractivity contribution >= 4 is 33.1 Å². The molecule has 1 amide bonds. The minimum Gasteiger partial charge on any atom is -0.495 e. The van der Waals surface area contributed by atoms with Gasteiger partial charge in [-0.3, -0.25) is 14.2 Å². The molecular weight excluding hydrogens is 436 g/mol. The lowest BCUT2D eigenvalue weighted by Crippen LogP contribution is -2.49. The van der Waals surface area contributed by atoms with Crippen molar-refractivity contribution in [1.29, 1.82) is 0 Å². The van der Waals surface area contributed by atoms with Gasteiger partial charge >= 0.3 is 0 Å². The number of ether oxygens (including phenoxy) is 1. The topological polar surface area (TPSA) is 67.7 Å². The van der Waals surface area contributed by atoms with Crippen molar-refractivity contribution in [2.24, 2.45) is 0 Å². The minimum absolute atomic E-state index is 0.0000388. The van der Waals surface area contributed by atoms with E-state index < -0.39 is 0 Å². The van der Waals surface area contributed by atoms with Crippen LogP contribution in [0.15, 0.2) is 35.4 Å². The third kappa shape index (κ3) is 4.01. The number of thiophene rings is 1. The van der Waals surface area contributed by atoms with Crippen LogP contribution in [0.3, 0.4) is 0 Å². The number of nitrogens with zero attached hydrogens (tertiary/aromatic N) is 4. The number of amides is 1. The molecule has 5 rings (SSSR count). The fourth-order valence-corrected chi connectivity index (χ4v) is 6.20. The average molecular weight is 467 g/mol. The van der Waals surface area contributed by atoms with E-state index in [0.29, 0.717) is 28.9 Å². The summed E-state index contributed by atoms with van der Waals surface area (Å²) in [5, 5.41) is 0. The molecule has 0 unspecified atom stereocenters. The molecule has 8 heteroatoms. The molecule has 1 aliphatic heterocycles. The summed E-state index contributed by atoms with van der Waals surface area (Å²) in [5.74, 6) is 0.816. The fourth-order valence-electron chi connectivity index (χ4n) is 5.16. The Hall–Kier alpha value is -2.87. The Kier molecular flexibility index (Phi) is 6.10. The monoisotopic (exact) mass is 466 g/mol. The second-order valence-electron chi connectivity index (χ2n) is 8.91. The summed E-state index contributed by atoms with van der Waals surface area (Å²) in [6.45, 7) is 4.62. The van der Waals surface area contributed by atoms with Gasteiger partial charge in [0, 0.05) is 37.1 Å². The van der Waals surface area contributed by atoms with Crippen molar-refractivity contribution in [1.82, 2.24) is 14.5 Å². The second-order valence-corrected chi connectivity index (χ2v) is 10.1. The molecule has 2 fully saturated rings. The van der Waals surface area contributed by atoms with Gasteiger partial charge in [0.25, 0.3) is 11.5 Å². The van der Waals surface area contributed by atoms with E-state index in [4.69, 9.17) is 4.74 Å². The Morgan fingerprint density at radius 3 is 2.55 bits per heavy atom. The number of methoxy groups -OCH3 is 1. The highest BCUT2D eigenvalue weighted by atomic mass is 32.1. The normalized spacial score (nSPS) is 17.5. The van der Waals surface area contributed by atoms with Crippen LogP contribution in [0.5, 0.6) is 5.75 Å². The Morgan fingerprint density at radius 1 is 1.09 bits per heavy atom. The zero-order chi connectivity index (χ0) is 22.9. The van der Waals surface area contributed by atoms with E-state index in [9.17, 15) is 9.59 Å². The highest BCUT2D eigenvalue weighted by molar-refractivity contribution is 7.19. The number of fused-ring (bicyclic) bond motifs is 1. The van der Waals surface area contributed by atoms with Gasteiger partial charge in [0.05, 0.1) is 24.7 Å². The van der Waals surface area contributed by atoms with Gasteiger partial charge in [0.2, 0.25) is 0 Å². The molecule has 3 heterocycles. The quantitative estimate of drug-likeness (QED) is 0.575. The fraction of sp³-hybridized carbons (Fsp3) is 0.480. The smallest absolute Gasteiger partial charge is 0.271 e. The molecule has 0 atom stereocenters. The summed E-state index contributed by atoms with van der Waals surface area (Å²) in [6, 6.07) is 8.20. The molecule has 0 N–H and O–H groups in total. The number of hydrogen-bond acceptors (Lipinski definition) is 6. The van der Waals surface area contributed by atoms with Gasteiger partial charge in [-0.2, -0.15) is 0 Å². The lowest BCUT2D eigenvalue weighted by Gasteiger charge is -2.36. The van der Waals surface area contributed by atoms with Gasteiger partial charge in [-0.15, -0.1) is 11.3 Å². The molecule has 174 valence electrons. The van der Waals surface area contributed by atoms with Crippen molar-refractivity contribution < 1.29 is 9.53 Å². The molecule has 2 aromatic heterocycles. The Morgan fingerprint density at radius 2 is 1.82 bits per heavy atom. The molecule has 0 bridgehead atoms. The number of hydrogen-bond donors (Lipinski definition) is 0. The highest BCUT2D eigenvalue weighted by Crippen LogP contribution is 2.32. The van der Waals surface area contributed by atoms with Gasteiger partial charge in [0.15, 0.2) is 0 Å². The molecule has 1 aromatic carbocycles. The van der Waals surface area contributed by atoms with Gasteiger partial charge in [-0.25, -0.2) is 4.98 Å². The van der Waals surface area contributed by atoms with Crippen LogP contribution >= 0.6 is 11.3 Å². The number of piperazine rings is 1. The lowest BCUT2D eigenvalue weighted by molar-refractivity contribution is 0.0748. The van der Waals surface area contributed by atoms with E-state index in [0.717, 1.165) is 55.1 Å². The van der Waals surface area contributed by atoms with Crippen LogP contribution in [0.1, 0.15) is 53.4 Å². The van der Waals surface area contributed by atoms with Crippen LogP contribution < -0.4 is 15.2 Å². The minimum atomic E-state index is -0.0271. The number of aryl methyl sites for hydroxylation is 1. The van der Waals surface area contributed by atoms with Crippen molar-refractivity contribution in [3.05, 3.63) is 51.4 Å². The highest BCUT2D eigenvalue weighted by Gasteiger charge is 2.29. The Bertz CT molecular complexity index is 1220. The van der Waals surface area contributed by atoms with Crippen LogP contribution in [0.2, 0.25) is 0 Å². The SMILES string of the molecule is COc1ccccc1N1CCN(C(=O)c2c(C)sc3c(=O)n(C4CCCCC4)cnc23)CC1. The largest absolute Gasteiger partial charge is 0.495 e. The van der Waals surface area contributed by atoms with Crippen LogP contribution in [-0.2, 0) is 0 Å². The van der Waals surface area contributed by atoms with E-state index in [-0.39, 0.29) is 17.5 Å². The first kappa shape index (κ1) is 21.9. The van der Waals surface area contributed by atoms with Crippen molar-refractivity contribution in [2.75, 3.05) is 38.2 Å². The van der Waals surface area contributed by atoms with E-state index in [1.54, 1.807) is 18.0 Å². The summed E-state index contributed by atoms with van der Waals surface area (Å²) in [4.78, 5) is 36.4. The number of carbonyl (C=O) groups is 1. The summed E-state index contributed by atoms with van der Waals surface area (Å²) in [5.41, 5.74) is 2.20. The first-order valence-corrected chi connectivity index (χ1v) is 12.6. The zero-order valence-corrected chi connectivity index (χ0v) is 20.1. The van der Waals surface area contributed by atoms with Gasteiger partial charge in [-0.1, -0.05) is 31.4 Å². The number of anilines is 1. The van der Waals surface area contributed by atoms with Gasteiger partial charge in [0.1, 0.15) is 16.0 Å². The number of para-hydroxylation sites is 2. The molecule has 33 heavy (non-hydrogen) atoms. The molecule has 7 nitrogen and oxygen atoms in total. The van der Waals surface area contributed by atoms with E-state index in [1.807, 2.05) is 36.1 Å². The van der Waals surface area contributed by atoms with E-state index in [2.05, 4.69) is 9.88 Å². The van der Waals surface area contributed by atoms with Gasteiger partial charge < -0.3 is 14.5 Å². The van der Waals surface area contributed by atoms with E-state index in [1.165, 1.54) is 17.8 Å². The molecular formula is C25H30N4O3S. The number of benzene rings is 1. The summed E-state index contributed by atoms with van der Waals surface area (Å²) in [7, 11) is 1.68. The molecule has 0 spiro atoms. The number of carbonyl (C=O) groups excluding carboxylic acids is 1. The first-order chi connectivity index (χ1) is 16.1. The molecule has 1 saturated heterocycles. The standard InChI is InChI=1S/C25H30N4O3S/c1-17-21(22-23(33-17)25(31)29(16-26-22)18-8-4-3-5-9-18)24(30)28-14-12-27(13-15-28)19-10-6-7-11-20(19)32-2/h6-7,10-11,16,18H,3-5,8-9,12-15H2,1-2H3. The molecule has 3 aromatic rings. The number of rotatable bonds is 4. The maximum absolute atomic E-state index is 13.5. The maximum Gasteiger partial charge on any atom is 0.271 e. The van der Waals surface area contributed by atoms with Crippen LogP contribution in [-0.4, -0.2) is 53.6 Å². The number of aromatic nitrogens is 2. The molecule has 1 saturated carbocycles. The van der Waals surface area contributed by atoms with Gasteiger partial charge in [-0.05, 0) is 31.9 Å². The molecule has 0 radical (unpaired) electrons. The maximum atomic E-state index is 13.5. The lowest BCUT2D eigenvalue weighted by atomic mass is 9.95. The van der Waals surface area contributed by atoms with Crippen molar-refractivity contribution in [3.63, 3.8) is 0 Å². The van der Waals surface area contributed by atoms with Crippen molar-refractivity contribution in [3.8, 4) is 5.75 Å². The molecule has 2 aliphatic rings. The van der Waals surface area contributed by atoms with Crippen LogP contribution in [0.25, 0.3) is 10.2 Å². The predicted molar refractivity (Wildman–Crippen MR) is 132 cm³/mol. The van der Waals surface area contributed by atoms with E-state index >= 15 is 0 Å². The second kappa shape index (κ2) is 9.17. The Balaban J connectivity index is 1.37. The summed E-state index contributed by atoms with van der Waals surface area (Å²) < 4.78 is 7.91. The van der Waals surface area contributed by atoms with Crippen molar-refractivity contribution in [2.45, 2.75) is 45.1 Å². The van der Waals surface area contributed by atoms with Crippen LogP contribution in [0.4, 0.5) is 5.69 Å². The average Bonchev–Trinajstić information content (AvgIpc) is 3.21. The van der Waals surface area contributed by atoms with Crippen LogP contribution in [0, 0.1) is 6.92 Å². The predicted octanol–water partition coefficient (Wildman–Crippen LogP) is 4.24. The zero-order valence-electron chi connectivity index (χ0n) is 19.2. The Labute approximate surface area is 197 Å². The third-order valence-electron chi connectivity index (χ3n) is 6.97. The first-order valence-electron chi connectivity index (χ1n) is 11.8. The summed E-state index contributed by atoms with van der Waals surface area (Å²) in [6.07, 6.45) is 7.27. The third-order valence-corrected chi connectivity index (χ3v) is 8.06.